The summed E-state index contributed by atoms with van der Waals surface area (Å²) in [7, 11) is -13.6. The number of benzene rings is 3. The first-order valence-electron chi connectivity index (χ1n) is 36.7. The fourth-order valence-corrected chi connectivity index (χ4v) is 13.1. The summed E-state index contributed by atoms with van der Waals surface area (Å²) in [6.07, 6.45) is 34.1. The second-order valence-electron chi connectivity index (χ2n) is 26.4. The maximum atomic E-state index is 13.0. The number of aromatic hydroxyl groups is 3. The number of cyclic esters (lactones) is 3. The Morgan fingerprint density at radius 1 is 0.411 bits per heavy atom. The number of amides is 3. The monoisotopic (exact) mass is 1640 g/mol. The number of rotatable bonds is 18. The second kappa shape index (κ2) is 46.8. The summed E-state index contributed by atoms with van der Waals surface area (Å²) in [5.74, 6) is -4.65. The van der Waals surface area contributed by atoms with Crippen molar-refractivity contribution in [2.75, 3.05) is 98.0 Å². The van der Waals surface area contributed by atoms with Gasteiger partial charge < -0.3 is 102 Å². The molecule has 3 aromatic rings. The van der Waals surface area contributed by atoms with Gasteiger partial charge in [-0.15, -0.1) is 0 Å². The third-order valence-electron chi connectivity index (χ3n) is 17.3. The number of ether oxygens (including phenoxy) is 6. The molecule has 0 atom stereocenters. The maximum Gasteiger partial charge on any atom is 0.362 e. The summed E-state index contributed by atoms with van der Waals surface area (Å²) in [5, 5.41) is 43.7. The van der Waals surface area contributed by atoms with E-state index in [-0.39, 0.29) is 138 Å². The van der Waals surface area contributed by atoms with Gasteiger partial charge in [0, 0.05) is 76.7 Å². The molecule has 9 N–H and O–H groups in total. The van der Waals surface area contributed by atoms with Crippen LogP contribution in [-0.2, 0) is 76.1 Å². The minimum Gasteiger partial charge on any atom is -0.508 e. The Morgan fingerprint density at radius 2 is 0.759 bits per heavy atom. The smallest absolute Gasteiger partial charge is 0.362 e. The molecule has 3 aromatic carbocycles. The van der Waals surface area contributed by atoms with Gasteiger partial charge in [-0.3, -0.25) is 28.1 Å². The van der Waals surface area contributed by atoms with Crippen LogP contribution in [0.4, 0.5) is 0 Å². The third-order valence-corrected chi connectivity index (χ3v) is 19.1. The van der Waals surface area contributed by atoms with Gasteiger partial charge in [0.05, 0.1) is 42.0 Å². The van der Waals surface area contributed by atoms with E-state index in [0.29, 0.717) is 94.9 Å². The van der Waals surface area contributed by atoms with E-state index in [4.69, 9.17) is 64.3 Å². The molecule has 3 fully saturated rings. The van der Waals surface area contributed by atoms with Gasteiger partial charge in [0.2, 0.25) is 0 Å². The number of halogens is 1. The van der Waals surface area contributed by atoms with Crippen LogP contribution < -0.4 is 14.2 Å². The van der Waals surface area contributed by atoms with Crippen molar-refractivity contribution in [2.45, 2.75) is 135 Å². The molecule has 612 valence electrons. The van der Waals surface area contributed by atoms with Crippen LogP contribution in [0.1, 0.15) is 163 Å². The highest BCUT2D eigenvalue weighted by molar-refractivity contribution is 7.52. The fraction of sp³-hybridized carbons (Fsp3) is 0.480. The molecule has 112 heavy (non-hydrogen) atoms. The average molecular weight is 1640 g/mol. The minimum absolute atomic E-state index is 0.00461. The number of carbonyl (C=O) groups excluding carboxylic acids is 6. The van der Waals surface area contributed by atoms with Crippen molar-refractivity contribution in [1.82, 2.24) is 14.7 Å². The molecule has 3 amide bonds. The van der Waals surface area contributed by atoms with Crippen LogP contribution in [-0.4, -0.2) is 210 Å². The lowest BCUT2D eigenvalue weighted by Crippen LogP contribution is -2.37. The highest BCUT2D eigenvalue weighted by Gasteiger charge is 2.30. The number of piperidine rings is 3. The number of hydrogen-bond donors (Lipinski definition) is 9. The van der Waals surface area contributed by atoms with Crippen molar-refractivity contribution in [1.29, 1.82) is 0 Å². The van der Waals surface area contributed by atoms with E-state index in [1.807, 2.05) is 54.7 Å². The van der Waals surface area contributed by atoms with Crippen LogP contribution in [0.3, 0.4) is 0 Å². The molecule has 6 aliphatic rings. The van der Waals surface area contributed by atoms with E-state index < -0.39 is 71.2 Å². The summed E-state index contributed by atoms with van der Waals surface area (Å²) >= 11 is 6.51. The number of oxime groups is 3. The van der Waals surface area contributed by atoms with E-state index in [9.17, 15) is 77.4 Å². The van der Waals surface area contributed by atoms with E-state index in [1.165, 1.54) is 12.1 Å². The van der Waals surface area contributed by atoms with Gasteiger partial charge in [0.1, 0.15) is 51.2 Å². The zero-order valence-corrected chi connectivity index (χ0v) is 65.5. The lowest BCUT2D eigenvalue weighted by molar-refractivity contribution is -0.137. The van der Waals surface area contributed by atoms with E-state index >= 15 is 0 Å². The molecule has 0 aliphatic carbocycles. The average Bonchev–Trinajstić information content (AvgIpc) is 0.795. The van der Waals surface area contributed by atoms with E-state index in [1.54, 1.807) is 32.9 Å². The molecule has 37 heteroatoms. The van der Waals surface area contributed by atoms with E-state index in [2.05, 4.69) is 15.5 Å². The Labute approximate surface area is 653 Å². The van der Waals surface area contributed by atoms with Gasteiger partial charge in [-0.1, -0.05) is 81.8 Å². The number of allylic oxidation sites excluding steroid dienone is 9. The molecular weight excluding hydrogens is 1550 g/mol. The fourth-order valence-electron chi connectivity index (χ4n) is 11.9. The molecule has 6 aliphatic heterocycles. The first-order valence-corrected chi connectivity index (χ1v) is 42.5. The number of nitrogens with zero attached hydrogens (tertiary/aromatic N) is 6. The van der Waals surface area contributed by atoms with Crippen molar-refractivity contribution in [3.63, 3.8) is 0 Å². The van der Waals surface area contributed by atoms with Crippen LogP contribution in [0.25, 0.3) is 0 Å². The zero-order valence-electron chi connectivity index (χ0n) is 62.0. The summed E-state index contributed by atoms with van der Waals surface area (Å²) < 4.78 is 65.4. The predicted molar refractivity (Wildman–Crippen MR) is 412 cm³/mol. The van der Waals surface area contributed by atoms with E-state index in [0.717, 1.165) is 95.2 Å². The largest absolute Gasteiger partial charge is 0.508 e. The second-order valence-corrected chi connectivity index (χ2v) is 31.5. The van der Waals surface area contributed by atoms with Crippen molar-refractivity contribution in [3.8, 4) is 34.5 Å². The Bertz CT molecular complexity index is 4080. The Morgan fingerprint density at radius 3 is 1.18 bits per heavy atom. The molecule has 9 rings (SSSR count). The van der Waals surface area contributed by atoms with Crippen molar-refractivity contribution >= 4 is 87.2 Å². The number of phenols is 3. The first kappa shape index (κ1) is 90.1. The Balaban J connectivity index is 0.000000233. The lowest BCUT2D eigenvalue weighted by atomic mass is 9.99. The predicted octanol–water partition coefficient (Wildman–Crippen LogP) is 10.5. The molecule has 0 unspecified atom stereocenters. The van der Waals surface area contributed by atoms with Crippen LogP contribution in [0.5, 0.6) is 34.5 Å². The van der Waals surface area contributed by atoms with Gasteiger partial charge in [-0.05, 0) is 163 Å². The van der Waals surface area contributed by atoms with Crippen molar-refractivity contribution in [3.05, 3.63) is 142 Å². The maximum absolute atomic E-state index is 13.0. The molecule has 0 saturated carbocycles. The Hall–Kier alpha value is -9.13. The summed E-state index contributed by atoms with van der Waals surface area (Å²) in [5.41, 5.74) is 1.18. The topological polar surface area (TPSA) is 466 Å². The van der Waals surface area contributed by atoms with Crippen LogP contribution in [0.2, 0.25) is 5.02 Å². The van der Waals surface area contributed by atoms with Gasteiger partial charge in [0.15, 0.2) is 38.9 Å². The number of phenolic OH excluding ortho intramolecular Hbond substituents is 3. The minimum atomic E-state index is -4.56. The number of hydrogen-bond acceptors (Lipinski definition) is 24. The third kappa shape index (κ3) is 32.9. The molecule has 33 nitrogen and oxygen atoms in total. The highest BCUT2D eigenvalue weighted by Crippen LogP contribution is 2.43. The van der Waals surface area contributed by atoms with Gasteiger partial charge >= 0.3 is 40.7 Å². The molecule has 3 saturated heterocycles. The van der Waals surface area contributed by atoms with Crippen molar-refractivity contribution < 1.29 is 130 Å². The number of fused-ring (bicyclic) bond motifs is 3. The molecule has 6 heterocycles. The van der Waals surface area contributed by atoms with Crippen molar-refractivity contribution in [2.24, 2.45) is 15.5 Å². The Kier molecular flexibility index (Phi) is 37.6. The number of esters is 3. The number of carbonyl (C=O) groups is 6. The quantitative estimate of drug-likeness (QED) is 0.0188. The molecule has 0 bridgehead atoms. The normalized spacial score (nSPS) is 20.3. The van der Waals surface area contributed by atoms with Gasteiger partial charge in [-0.25, -0.2) is 14.4 Å². The highest BCUT2D eigenvalue weighted by atomic mass is 35.5. The SMILES string of the molecule is O=C1OCC/C=C/CC/C=C/C(=NOCC(=O)N2CCCCC2)Cc2cc(O)cc(OCP(=O)(O)O)c21.O=C1OCC/C=C/CC/C=C/C(=N\OCC(=O)N2CCCCC2)Cc2c(Cl)c(OCP(=O)(O)O)cc(O)c21.O=C1OCC/C=C/CC/C=C/C(=N\OCC(=O)N2CCCCC2)Cc2cc(OCP(=O)(O)O)cc(O)c21. The summed E-state index contributed by atoms with van der Waals surface area (Å²) in [4.78, 5) is 152. The molecule has 0 spiro atoms. The zero-order chi connectivity index (χ0) is 80.9. The molecule has 0 radical (unpaired) electrons. The van der Waals surface area contributed by atoms with Crippen LogP contribution in [0.15, 0.2) is 119 Å². The standard InChI is InChI=1S/C25H32ClN2O9P.2C25H33N2O9P/c26-24-19-14-18(27-37-16-22(30)28-11-7-5-8-12-28)10-6-3-1-2-4-9-13-35-25(31)23(19)20(29)15-21(24)36-17-38(32,33)34;28-22-16-21(35-18-37(31,32)33)15-19-14-20(26-36-17-23(29)27-11-7-5-8-12-27)10-6-3-1-2-4-9-13-34-25(30)24(19)22;28-21-15-19-14-20(26-36-17-23(29)27-11-7-5-8-12-27)10-6-3-1-2-4-9-13-34-25(30)24(19)22(16-21)35-18-37(31,32)33/h2,4,6,10,15,29H,1,3,5,7-9,11-14,16-17H2,(H2,32,33,34);2*2,4,6,10,15-16,28H,1,3,5,7-9,11-14,17-18H2,(H2,31,32,33)/b4-2+,10-6+,27-18+;4-2+,10-6+,26-20+;4-2+,10-6+,26-20?. The van der Waals surface area contributed by atoms with Gasteiger partial charge in [0.25, 0.3) is 17.7 Å². The summed E-state index contributed by atoms with van der Waals surface area (Å²) in [6.45, 7) is 3.67. The van der Waals surface area contributed by atoms with Gasteiger partial charge in [-0.2, -0.15) is 0 Å². The molecular formula is C75H98ClN6O27P3. The van der Waals surface area contributed by atoms with Crippen LogP contribution >= 0.6 is 34.4 Å². The molecule has 0 aromatic heterocycles. The first-order chi connectivity index (χ1) is 53.6. The number of likely N-dealkylation sites (tertiary alicyclic amines) is 3. The summed E-state index contributed by atoms with van der Waals surface area (Å²) in [6, 6.07) is 5.91. The lowest BCUT2D eigenvalue weighted by Gasteiger charge is -2.26. The van der Waals surface area contributed by atoms with Crippen LogP contribution in [0, 0.1) is 0 Å².